The summed E-state index contributed by atoms with van der Waals surface area (Å²) in [5.74, 6) is -3.69. The number of nitrogens with one attached hydrogen (secondary N) is 3. The Morgan fingerprint density at radius 1 is 1.11 bits per heavy atom. The van der Waals surface area contributed by atoms with E-state index < -0.39 is 59.8 Å². The summed E-state index contributed by atoms with van der Waals surface area (Å²) in [6, 6.07) is 1.19. The zero-order chi connectivity index (χ0) is 28.4. The maximum absolute atomic E-state index is 12.7. The van der Waals surface area contributed by atoms with Crippen LogP contribution in [0.4, 0.5) is 11.6 Å². The van der Waals surface area contributed by atoms with Gasteiger partial charge in [0.1, 0.15) is 0 Å². The van der Waals surface area contributed by atoms with E-state index in [0.717, 1.165) is 0 Å². The summed E-state index contributed by atoms with van der Waals surface area (Å²) in [6.45, 7) is 0.175. The van der Waals surface area contributed by atoms with E-state index in [2.05, 4.69) is 30.6 Å². The number of rotatable bonds is 8. The van der Waals surface area contributed by atoms with E-state index in [1.807, 2.05) is 0 Å². The summed E-state index contributed by atoms with van der Waals surface area (Å²) in [7, 11) is 0. The van der Waals surface area contributed by atoms with E-state index in [0.29, 0.717) is 11.4 Å². The standard InChI is InChI=1S/C23H21N7O5.2Na/c24-23-29-19-18(21(33)30-23)27-15(11-26-19)10-25-14-5-3-13(4-6-14)20(32)28-17(22(34)35)9-12-1-7-16(31)8-2-12;;/h1-8,11,17,25,31H,9-10H2,(H,28,32)(H,34,35)(H3,24,26,29,30,33);;/q;2*+1/p-2/t17-;;/m0../s1/i1D,2D,7D,8D;;. The molecule has 0 aliphatic carbocycles. The van der Waals surface area contributed by atoms with Gasteiger partial charge in [0, 0.05) is 11.3 Å². The Hall–Kier alpha value is -3.00. The van der Waals surface area contributed by atoms with Gasteiger partial charge < -0.3 is 31.4 Å². The summed E-state index contributed by atoms with van der Waals surface area (Å²) in [5.41, 5.74) is 5.83. The van der Waals surface area contributed by atoms with Crippen molar-refractivity contribution in [2.45, 2.75) is 19.0 Å². The van der Waals surface area contributed by atoms with Crippen LogP contribution in [0.5, 0.6) is 5.75 Å². The number of nitrogens with zero attached hydrogens (tertiary/aromatic N) is 3. The number of carboxylic acids is 1. The molecule has 37 heavy (non-hydrogen) atoms. The second-order valence-corrected chi connectivity index (χ2v) is 7.27. The van der Waals surface area contributed by atoms with Crippen molar-refractivity contribution in [2.24, 2.45) is 0 Å². The minimum Gasteiger partial charge on any atom is -0.872 e. The van der Waals surface area contributed by atoms with Gasteiger partial charge in [0.25, 0.3) is 11.5 Å². The number of aliphatic carboxylic acids is 1. The molecule has 4 aromatic rings. The Morgan fingerprint density at radius 2 is 1.78 bits per heavy atom. The first-order chi connectivity index (χ1) is 18.5. The molecule has 0 spiro atoms. The first-order valence-electron chi connectivity index (χ1n) is 12.1. The molecule has 0 saturated heterocycles. The largest absolute Gasteiger partial charge is 1.00 e. The number of amides is 1. The SMILES string of the molecule is [2H]c1c([2H])c(C[C@H](NC(=O)c2ccc(NCc3cnc4nc(N)[nH]c(=O)c4n3)cc2)C(=O)[O-])c([2H])c([2H])c1[O-].[Na+].[Na+]. The first-order valence-corrected chi connectivity index (χ1v) is 10.1. The fraction of sp³-hybridized carbons (Fsp3) is 0.130. The van der Waals surface area contributed by atoms with Crippen LogP contribution < -0.4 is 91.3 Å². The average molecular weight is 523 g/mol. The van der Waals surface area contributed by atoms with Gasteiger partial charge in [-0.15, -0.1) is 5.75 Å². The normalized spacial score (nSPS) is 12.5. The number of nitrogen functional groups attached to an aromatic ring is 1. The van der Waals surface area contributed by atoms with Crippen molar-refractivity contribution < 1.29 is 84.4 Å². The Kier molecular flexibility index (Phi) is 8.89. The molecule has 178 valence electrons. The van der Waals surface area contributed by atoms with Gasteiger partial charge in [0.05, 0.1) is 35.9 Å². The maximum Gasteiger partial charge on any atom is 1.00 e. The molecule has 5 N–H and O–H groups in total. The Balaban J connectivity index is 0.00000294. The van der Waals surface area contributed by atoms with Gasteiger partial charge in [-0.05, 0) is 36.2 Å². The van der Waals surface area contributed by atoms with Gasteiger partial charge in [0.2, 0.25) is 5.95 Å². The molecule has 1 atom stereocenters. The summed E-state index contributed by atoms with van der Waals surface area (Å²) >= 11 is 0. The molecule has 0 aliphatic rings. The third-order valence-corrected chi connectivity index (χ3v) is 4.76. The number of carbonyl (C=O) groups is 2. The van der Waals surface area contributed by atoms with Crippen LogP contribution in [0.25, 0.3) is 11.2 Å². The molecule has 0 unspecified atom stereocenters. The molecule has 0 saturated carbocycles. The fourth-order valence-corrected chi connectivity index (χ4v) is 3.06. The van der Waals surface area contributed by atoms with Crippen molar-refractivity contribution in [1.29, 1.82) is 0 Å². The number of fused-ring (bicyclic) bond motifs is 1. The van der Waals surface area contributed by atoms with Gasteiger partial charge in [-0.2, -0.15) is 4.98 Å². The molecule has 2 aromatic carbocycles. The Morgan fingerprint density at radius 3 is 2.43 bits per heavy atom. The van der Waals surface area contributed by atoms with E-state index in [1.165, 1.54) is 18.3 Å². The minimum absolute atomic E-state index is 0. The van der Waals surface area contributed by atoms with Gasteiger partial charge >= 0.3 is 59.1 Å². The molecule has 4 rings (SSSR count). The van der Waals surface area contributed by atoms with Gasteiger partial charge in [0.15, 0.2) is 11.2 Å². The van der Waals surface area contributed by atoms with Crippen molar-refractivity contribution in [2.75, 3.05) is 11.1 Å². The van der Waals surface area contributed by atoms with Crippen molar-refractivity contribution in [3.8, 4) is 5.75 Å². The van der Waals surface area contributed by atoms with Crippen molar-refractivity contribution in [3.05, 3.63) is 81.8 Å². The molecule has 0 radical (unpaired) electrons. The van der Waals surface area contributed by atoms with E-state index in [1.54, 1.807) is 12.1 Å². The minimum atomic E-state index is -1.71. The first kappa shape index (κ1) is 24.3. The van der Waals surface area contributed by atoms with Crippen LogP contribution in [0.3, 0.4) is 0 Å². The van der Waals surface area contributed by atoms with Crippen LogP contribution in [0.15, 0.2) is 59.4 Å². The molecular formula is C23H19N7Na2O5. The number of aromatic amines is 1. The molecule has 2 aromatic heterocycles. The van der Waals surface area contributed by atoms with Crippen LogP contribution in [-0.4, -0.2) is 37.9 Å². The van der Waals surface area contributed by atoms with Crippen LogP contribution in [0.1, 0.15) is 27.1 Å². The van der Waals surface area contributed by atoms with Crippen molar-refractivity contribution in [1.82, 2.24) is 25.3 Å². The number of anilines is 2. The number of benzene rings is 2. The van der Waals surface area contributed by atoms with Gasteiger partial charge in [-0.1, -0.05) is 24.2 Å². The van der Waals surface area contributed by atoms with Crippen LogP contribution in [-0.2, 0) is 17.8 Å². The summed E-state index contributed by atoms with van der Waals surface area (Å²) < 4.78 is 31.0. The van der Waals surface area contributed by atoms with E-state index in [9.17, 15) is 24.6 Å². The number of H-pyrrole nitrogens is 1. The number of hydrogen-bond donors (Lipinski definition) is 4. The zero-order valence-electron chi connectivity index (χ0n) is 23.8. The quantitative estimate of drug-likeness (QED) is 0.161. The Bertz CT molecular complexity index is 1650. The van der Waals surface area contributed by atoms with E-state index >= 15 is 0 Å². The smallest absolute Gasteiger partial charge is 0.872 e. The second kappa shape index (κ2) is 13.5. The molecule has 2 heterocycles. The summed E-state index contributed by atoms with van der Waals surface area (Å²) in [5, 5.41) is 28.7. The van der Waals surface area contributed by atoms with Crippen LogP contribution in [0.2, 0.25) is 0 Å². The van der Waals surface area contributed by atoms with E-state index in [-0.39, 0.29) is 93.9 Å². The van der Waals surface area contributed by atoms with E-state index in [4.69, 9.17) is 11.2 Å². The topological polar surface area (TPSA) is 202 Å². The molecule has 0 fully saturated rings. The monoisotopic (exact) mass is 523 g/mol. The van der Waals surface area contributed by atoms with Crippen molar-refractivity contribution in [3.63, 3.8) is 0 Å². The second-order valence-electron chi connectivity index (χ2n) is 7.27. The van der Waals surface area contributed by atoms with Gasteiger partial charge in [-0.25, -0.2) is 9.97 Å². The molecule has 0 bridgehead atoms. The average Bonchev–Trinajstić information content (AvgIpc) is 2.91. The molecule has 1 amide bonds. The summed E-state index contributed by atoms with van der Waals surface area (Å²) in [6.07, 6.45) is 0.798. The maximum atomic E-state index is 12.7. The number of carbonyl (C=O) groups excluding carboxylic acids is 2. The van der Waals surface area contributed by atoms with Gasteiger partial charge in [-0.3, -0.25) is 14.6 Å². The summed E-state index contributed by atoms with van der Waals surface area (Å²) in [4.78, 5) is 50.9. The van der Waals surface area contributed by atoms with Crippen LogP contribution >= 0.6 is 0 Å². The predicted molar refractivity (Wildman–Crippen MR) is 122 cm³/mol. The number of aromatic nitrogens is 4. The zero-order valence-corrected chi connectivity index (χ0v) is 23.8. The Labute approximate surface area is 260 Å². The predicted octanol–water partition coefficient (Wildman–Crippen LogP) is -6.92. The fourth-order valence-electron chi connectivity index (χ4n) is 3.06. The molecule has 12 nitrogen and oxygen atoms in total. The molecular weight excluding hydrogens is 500 g/mol. The van der Waals surface area contributed by atoms with Crippen molar-refractivity contribution >= 4 is 34.7 Å². The third-order valence-electron chi connectivity index (χ3n) is 4.76. The third kappa shape index (κ3) is 7.99. The number of hydrogen-bond acceptors (Lipinski definition) is 10. The van der Waals surface area contributed by atoms with Crippen LogP contribution in [0, 0.1) is 0 Å². The number of nitrogens with two attached hydrogens (primary N) is 1. The molecule has 0 aliphatic heterocycles. The molecule has 14 heteroatoms. The number of carboxylic acid groups (broad SMARTS) is 1.